The Labute approximate surface area is 102 Å². The average molecular weight is 239 g/mol. The van der Waals surface area contributed by atoms with Crippen molar-refractivity contribution in [3.05, 3.63) is 0 Å². The Morgan fingerprint density at radius 1 is 1.47 bits per heavy atom. The van der Waals surface area contributed by atoms with Crippen molar-refractivity contribution in [3.63, 3.8) is 0 Å². The summed E-state index contributed by atoms with van der Waals surface area (Å²) in [5.74, 6) is -0.433. The van der Waals surface area contributed by atoms with Gasteiger partial charge in [-0.25, -0.2) is 0 Å². The molecule has 2 aliphatic rings. The summed E-state index contributed by atoms with van der Waals surface area (Å²) in [6.07, 6.45) is 1.95. The molecule has 2 aliphatic carbocycles. The molecule has 2 N–H and O–H groups in total. The minimum atomic E-state index is -0.900. The smallest absolute Gasteiger partial charge is 0.320 e. The average Bonchev–Trinajstić information content (AvgIpc) is 2.52. The summed E-state index contributed by atoms with van der Waals surface area (Å²) < 4.78 is 0. The summed E-state index contributed by atoms with van der Waals surface area (Å²) in [5, 5.41) is 11.9. The van der Waals surface area contributed by atoms with Gasteiger partial charge in [0, 0.05) is 5.41 Å². The topological polar surface area (TPSA) is 66.4 Å². The number of carboxylic acid groups (broad SMARTS) is 1. The highest BCUT2D eigenvalue weighted by Crippen LogP contribution is 2.63. The first kappa shape index (κ1) is 12.6. The molecule has 0 amide bonds. The molecule has 0 heterocycles. The van der Waals surface area contributed by atoms with Crippen molar-refractivity contribution < 1.29 is 14.7 Å². The van der Waals surface area contributed by atoms with Crippen LogP contribution >= 0.6 is 0 Å². The van der Waals surface area contributed by atoms with E-state index in [9.17, 15) is 9.59 Å². The van der Waals surface area contributed by atoms with Crippen molar-refractivity contribution in [2.75, 3.05) is 0 Å². The molecular weight excluding hydrogens is 218 g/mol. The summed E-state index contributed by atoms with van der Waals surface area (Å²) in [6, 6.07) is -0.947. The van der Waals surface area contributed by atoms with Crippen molar-refractivity contribution in [1.29, 1.82) is 0 Å². The van der Waals surface area contributed by atoms with Crippen molar-refractivity contribution in [3.8, 4) is 0 Å². The van der Waals surface area contributed by atoms with Gasteiger partial charge in [-0.2, -0.15) is 0 Å². The van der Waals surface area contributed by atoms with Crippen LogP contribution in [0.4, 0.5) is 0 Å². The minimum absolute atomic E-state index is 0.0278. The molecule has 0 spiro atoms. The molecule has 0 radical (unpaired) electrons. The monoisotopic (exact) mass is 239 g/mol. The number of nitrogens with one attached hydrogen (secondary N) is 1. The molecule has 4 nitrogen and oxygen atoms in total. The molecule has 0 aromatic heterocycles. The van der Waals surface area contributed by atoms with Gasteiger partial charge in [-0.1, -0.05) is 20.8 Å². The summed E-state index contributed by atoms with van der Waals surface area (Å²) in [4.78, 5) is 23.3. The van der Waals surface area contributed by atoms with Crippen LogP contribution in [0, 0.1) is 16.7 Å². The maximum Gasteiger partial charge on any atom is 0.320 e. The van der Waals surface area contributed by atoms with Crippen molar-refractivity contribution in [2.24, 2.45) is 16.7 Å². The van der Waals surface area contributed by atoms with Crippen LogP contribution in [-0.4, -0.2) is 28.9 Å². The Kier molecular flexibility index (Phi) is 2.62. The van der Waals surface area contributed by atoms with Crippen LogP contribution in [0.2, 0.25) is 0 Å². The van der Waals surface area contributed by atoms with Gasteiger partial charge in [-0.3, -0.25) is 14.9 Å². The molecule has 0 saturated heterocycles. The van der Waals surface area contributed by atoms with Gasteiger partial charge < -0.3 is 5.11 Å². The van der Waals surface area contributed by atoms with E-state index in [1.165, 1.54) is 0 Å². The van der Waals surface area contributed by atoms with Crippen LogP contribution in [0.15, 0.2) is 0 Å². The standard InChI is InChI=1S/C13H21NO3/c1-7(11(16)17)14-9-8-5-6-13(4,10(9)15)12(8,2)3/h7-9,14H,5-6H2,1-4H3,(H,16,17)/t7-,8?,9?,13?/m1/s1. The fourth-order valence-electron chi connectivity index (χ4n) is 3.62. The summed E-state index contributed by atoms with van der Waals surface area (Å²) in [5.41, 5.74) is -0.312. The molecule has 4 heteroatoms. The third-order valence-corrected chi connectivity index (χ3v) is 5.33. The van der Waals surface area contributed by atoms with E-state index in [0.717, 1.165) is 12.8 Å². The highest BCUT2D eigenvalue weighted by molar-refractivity contribution is 5.94. The number of hydrogen-bond donors (Lipinski definition) is 2. The molecule has 4 atom stereocenters. The fraction of sp³-hybridized carbons (Fsp3) is 0.846. The highest BCUT2D eigenvalue weighted by atomic mass is 16.4. The summed E-state index contributed by atoms with van der Waals surface area (Å²) >= 11 is 0. The predicted octanol–water partition coefficient (Wildman–Crippen LogP) is 1.44. The SMILES string of the molecule is C[C@@H](NC1C(=O)C2(C)CCC1C2(C)C)C(=O)O. The third kappa shape index (κ3) is 1.46. The molecule has 0 aromatic rings. The number of Topliss-reactive ketones (excluding diaryl/α,β-unsaturated/α-hetero) is 1. The van der Waals surface area contributed by atoms with Crippen LogP contribution in [-0.2, 0) is 9.59 Å². The molecule has 2 rings (SSSR count). The lowest BCUT2D eigenvalue weighted by molar-refractivity contribution is -0.139. The third-order valence-electron chi connectivity index (χ3n) is 5.33. The van der Waals surface area contributed by atoms with E-state index in [1.807, 2.05) is 6.92 Å². The van der Waals surface area contributed by atoms with Crippen LogP contribution in [0.5, 0.6) is 0 Å². The molecule has 17 heavy (non-hydrogen) atoms. The number of rotatable bonds is 3. The second-order valence-corrected chi connectivity index (χ2v) is 6.27. The highest BCUT2D eigenvalue weighted by Gasteiger charge is 2.66. The largest absolute Gasteiger partial charge is 0.480 e. The van der Waals surface area contributed by atoms with E-state index < -0.39 is 12.0 Å². The van der Waals surface area contributed by atoms with Crippen LogP contribution in [0.3, 0.4) is 0 Å². The van der Waals surface area contributed by atoms with E-state index in [-0.39, 0.29) is 28.6 Å². The Morgan fingerprint density at radius 2 is 2.06 bits per heavy atom. The van der Waals surface area contributed by atoms with E-state index in [0.29, 0.717) is 0 Å². The predicted molar refractivity (Wildman–Crippen MR) is 63.6 cm³/mol. The second kappa shape index (κ2) is 3.55. The lowest BCUT2D eigenvalue weighted by Crippen LogP contribution is -2.49. The Balaban J connectivity index is 2.23. The van der Waals surface area contributed by atoms with Crippen LogP contribution in [0.25, 0.3) is 0 Å². The number of carbonyl (C=O) groups is 2. The summed E-state index contributed by atoms with van der Waals surface area (Å²) in [6.45, 7) is 7.89. The maximum absolute atomic E-state index is 12.4. The van der Waals surface area contributed by atoms with Gasteiger partial charge >= 0.3 is 5.97 Å². The Morgan fingerprint density at radius 3 is 2.47 bits per heavy atom. The number of carboxylic acids is 1. The van der Waals surface area contributed by atoms with Gasteiger partial charge in [-0.05, 0) is 31.1 Å². The molecular formula is C13H21NO3. The minimum Gasteiger partial charge on any atom is -0.480 e. The van der Waals surface area contributed by atoms with Crippen LogP contribution < -0.4 is 5.32 Å². The van der Waals surface area contributed by atoms with Crippen molar-refractivity contribution >= 4 is 11.8 Å². The molecule has 0 aromatic carbocycles. The lowest BCUT2D eigenvalue weighted by atomic mass is 9.70. The van der Waals surface area contributed by atoms with E-state index in [4.69, 9.17) is 5.11 Å². The van der Waals surface area contributed by atoms with E-state index >= 15 is 0 Å². The maximum atomic E-state index is 12.4. The molecule has 2 bridgehead atoms. The first-order chi connectivity index (χ1) is 7.72. The van der Waals surface area contributed by atoms with Gasteiger partial charge in [0.05, 0.1) is 6.04 Å². The van der Waals surface area contributed by atoms with Crippen LogP contribution in [0.1, 0.15) is 40.5 Å². The second-order valence-electron chi connectivity index (χ2n) is 6.27. The molecule has 2 saturated carbocycles. The van der Waals surface area contributed by atoms with E-state index in [2.05, 4.69) is 19.2 Å². The Hall–Kier alpha value is -0.900. The van der Waals surface area contributed by atoms with Gasteiger partial charge in [0.1, 0.15) is 6.04 Å². The number of aliphatic carboxylic acids is 1. The van der Waals surface area contributed by atoms with Gasteiger partial charge in [0.15, 0.2) is 5.78 Å². The number of ketones is 1. The zero-order chi connectivity index (χ0) is 13.0. The zero-order valence-electron chi connectivity index (χ0n) is 10.9. The zero-order valence-corrected chi connectivity index (χ0v) is 10.9. The molecule has 96 valence electrons. The summed E-state index contributed by atoms with van der Waals surface area (Å²) in [7, 11) is 0. The van der Waals surface area contributed by atoms with E-state index in [1.54, 1.807) is 6.92 Å². The first-order valence-corrected chi connectivity index (χ1v) is 6.25. The molecule has 2 fully saturated rings. The number of fused-ring (bicyclic) bond motifs is 2. The normalized spacial score (nSPS) is 40.6. The molecule has 0 aliphatic heterocycles. The van der Waals surface area contributed by atoms with Gasteiger partial charge in [-0.15, -0.1) is 0 Å². The number of hydrogen-bond acceptors (Lipinski definition) is 3. The quantitative estimate of drug-likeness (QED) is 0.782. The lowest BCUT2D eigenvalue weighted by Gasteiger charge is -2.32. The Bertz CT molecular complexity index is 377. The molecule has 3 unspecified atom stereocenters. The van der Waals surface area contributed by atoms with Gasteiger partial charge in [0.2, 0.25) is 0 Å². The number of carbonyl (C=O) groups excluding carboxylic acids is 1. The fourth-order valence-corrected chi connectivity index (χ4v) is 3.62. The first-order valence-electron chi connectivity index (χ1n) is 6.25. The van der Waals surface area contributed by atoms with Crippen molar-refractivity contribution in [1.82, 2.24) is 5.32 Å². The van der Waals surface area contributed by atoms with Crippen molar-refractivity contribution in [2.45, 2.75) is 52.6 Å². The van der Waals surface area contributed by atoms with Gasteiger partial charge in [0.25, 0.3) is 0 Å².